The van der Waals surface area contributed by atoms with Crippen LogP contribution in [0, 0.1) is 0 Å². The summed E-state index contributed by atoms with van der Waals surface area (Å²) < 4.78 is 19.3. The Bertz CT molecular complexity index is 573. The van der Waals surface area contributed by atoms with Crippen molar-refractivity contribution in [2.45, 2.75) is 76.5 Å². The summed E-state index contributed by atoms with van der Waals surface area (Å²) in [7, 11) is 0. The minimum atomic E-state index is -1.22. The smallest absolute Gasteiger partial charge is 0.191 e. The SMILES string of the molecule is CCCCc1nnn2c1[C@@]1(O)[C@@H](C2)O[C@@H]2OC(C)(C)O[C@@H]21. The maximum Gasteiger partial charge on any atom is 0.191 e. The Kier molecular flexibility index (Phi) is 2.76. The summed E-state index contributed by atoms with van der Waals surface area (Å²) in [6.07, 6.45) is 1.46. The Hall–Kier alpha value is -1.02. The van der Waals surface area contributed by atoms with Gasteiger partial charge in [0.2, 0.25) is 0 Å². The third-order valence-corrected chi connectivity index (χ3v) is 4.57. The molecule has 0 aliphatic carbocycles. The molecule has 0 aromatic carbocycles. The molecule has 116 valence electrons. The van der Waals surface area contributed by atoms with Crippen molar-refractivity contribution in [2.75, 3.05) is 0 Å². The van der Waals surface area contributed by atoms with Crippen LogP contribution in [0.15, 0.2) is 0 Å². The lowest BCUT2D eigenvalue weighted by Gasteiger charge is -2.28. The summed E-state index contributed by atoms with van der Waals surface area (Å²) in [6.45, 7) is 6.28. The highest BCUT2D eigenvalue weighted by Crippen LogP contribution is 2.51. The minimum Gasteiger partial charge on any atom is -0.378 e. The molecule has 4 atom stereocenters. The topological polar surface area (TPSA) is 78.6 Å². The van der Waals surface area contributed by atoms with Crippen LogP contribution >= 0.6 is 0 Å². The quantitative estimate of drug-likeness (QED) is 0.884. The molecule has 2 fully saturated rings. The Morgan fingerprint density at radius 1 is 1.38 bits per heavy atom. The number of aryl methyl sites for hydroxylation is 1. The summed E-state index contributed by atoms with van der Waals surface area (Å²) in [4.78, 5) is 0. The molecule has 4 rings (SSSR count). The van der Waals surface area contributed by atoms with Crippen LogP contribution in [-0.4, -0.2) is 44.4 Å². The number of ether oxygens (including phenoxy) is 3. The van der Waals surface area contributed by atoms with Crippen molar-refractivity contribution in [3.63, 3.8) is 0 Å². The minimum absolute atomic E-state index is 0.380. The third-order valence-electron chi connectivity index (χ3n) is 4.57. The summed E-state index contributed by atoms with van der Waals surface area (Å²) in [5, 5.41) is 19.7. The van der Waals surface area contributed by atoms with Crippen LogP contribution in [0.4, 0.5) is 0 Å². The second-order valence-corrected chi connectivity index (χ2v) is 6.54. The average Bonchev–Trinajstić information content (AvgIpc) is 3.07. The van der Waals surface area contributed by atoms with E-state index in [0.29, 0.717) is 6.54 Å². The van der Waals surface area contributed by atoms with Gasteiger partial charge >= 0.3 is 0 Å². The zero-order chi connectivity index (χ0) is 14.8. The van der Waals surface area contributed by atoms with Gasteiger partial charge in [0, 0.05) is 0 Å². The van der Waals surface area contributed by atoms with Crippen molar-refractivity contribution in [1.82, 2.24) is 15.0 Å². The largest absolute Gasteiger partial charge is 0.378 e. The van der Waals surface area contributed by atoms with E-state index >= 15 is 0 Å². The van der Waals surface area contributed by atoms with Crippen LogP contribution in [0.25, 0.3) is 0 Å². The summed E-state index contributed by atoms with van der Waals surface area (Å²) in [5.41, 5.74) is 0.375. The molecule has 4 heterocycles. The van der Waals surface area contributed by atoms with Gasteiger partial charge in [0.25, 0.3) is 0 Å². The first-order chi connectivity index (χ1) is 9.95. The van der Waals surface area contributed by atoms with E-state index in [2.05, 4.69) is 17.2 Å². The van der Waals surface area contributed by atoms with Gasteiger partial charge in [-0.15, -0.1) is 5.10 Å². The van der Waals surface area contributed by atoms with E-state index in [1.807, 2.05) is 13.8 Å². The molecule has 0 amide bonds. The Morgan fingerprint density at radius 3 is 2.95 bits per heavy atom. The van der Waals surface area contributed by atoms with Crippen molar-refractivity contribution in [2.24, 2.45) is 0 Å². The predicted octanol–water partition coefficient (Wildman–Crippen LogP) is 0.698. The van der Waals surface area contributed by atoms with Gasteiger partial charge in [-0.2, -0.15) is 0 Å². The molecule has 7 nitrogen and oxygen atoms in total. The molecule has 21 heavy (non-hydrogen) atoms. The molecule has 0 unspecified atom stereocenters. The molecule has 1 aromatic rings. The first-order valence-corrected chi connectivity index (χ1v) is 7.62. The van der Waals surface area contributed by atoms with Crippen molar-refractivity contribution < 1.29 is 19.3 Å². The number of hydrogen-bond acceptors (Lipinski definition) is 6. The monoisotopic (exact) mass is 295 g/mol. The van der Waals surface area contributed by atoms with Crippen LogP contribution in [0.5, 0.6) is 0 Å². The maximum absolute atomic E-state index is 11.3. The van der Waals surface area contributed by atoms with E-state index in [0.717, 1.165) is 30.7 Å². The molecule has 1 N–H and O–H groups in total. The fourth-order valence-corrected chi connectivity index (χ4v) is 3.63. The van der Waals surface area contributed by atoms with Gasteiger partial charge < -0.3 is 19.3 Å². The van der Waals surface area contributed by atoms with Crippen LogP contribution in [0.1, 0.15) is 45.0 Å². The van der Waals surface area contributed by atoms with Crippen LogP contribution < -0.4 is 0 Å². The molecule has 0 saturated carbocycles. The van der Waals surface area contributed by atoms with Gasteiger partial charge in [0.15, 0.2) is 17.7 Å². The lowest BCUT2D eigenvalue weighted by atomic mass is 9.89. The fraction of sp³-hybridized carbons (Fsp3) is 0.857. The number of aromatic nitrogens is 3. The third kappa shape index (κ3) is 1.75. The molecule has 0 bridgehead atoms. The van der Waals surface area contributed by atoms with Gasteiger partial charge in [-0.05, 0) is 26.7 Å². The fourth-order valence-electron chi connectivity index (χ4n) is 3.63. The van der Waals surface area contributed by atoms with E-state index in [1.165, 1.54) is 0 Å². The summed E-state index contributed by atoms with van der Waals surface area (Å²) >= 11 is 0. The van der Waals surface area contributed by atoms with Crippen LogP contribution in [-0.2, 0) is 32.8 Å². The second kappa shape index (κ2) is 4.25. The number of rotatable bonds is 3. The number of unbranched alkanes of at least 4 members (excludes halogenated alkanes) is 1. The number of aliphatic hydroxyl groups is 1. The lowest BCUT2D eigenvalue weighted by Crippen LogP contribution is -2.44. The standard InChI is InChI=1S/C14H21N3O4/c1-4-5-6-8-10-14(18)9(7-17(10)16-15-8)19-12-11(14)20-13(2,3)21-12/h9,11-12,18H,4-7H2,1-3H3/t9-,11+,12-,14+/m1/s1. The van der Waals surface area contributed by atoms with E-state index in [4.69, 9.17) is 14.2 Å². The molecule has 0 spiro atoms. The van der Waals surface area contributed by atoms with Gasteiger partial charge in [-0.3, -0.25) is 0 Å². The second-order valence-electron chi connectivity index (χ2n) is 6.54. The Morgan fingerprint density at radius 2 is 2.19 bits per heavy atom. The Labute approximate surface area is 123 Å². The van der Waals surface area contributed by atoms with Gasteiger partial charge in [0.1, 0.15) is 12.2 Å². The highest BCUT2D eigenvalue weighted by Gasteiger charge is 2.68. The molecule has 1 aromatic heterocycles. The number of fused-ring (bicyclic) bond motifs is 5. The summed E-state index contributed by atoms with van der Waals surface area (Å²) in [5.74, 6) is -0.750. The van der Waals surface area contributed by atoms with Crippen LogP contribution in [0.3, 0.4) is 0 Å². The van der Waals surface area contributed by atoms with E-state index in [9.17, 15) is 5.11 Å². The molecule has 3 aliphatic rings. The highest BCUT2D eigenvalue weighted by atomic mass is 16.8. The van der Waals surface area contributed by atoms with E-state index in [-0.39, 0.29) is 6.10 Å². The molecule has 3 aliphatic heterocycles. The molecule has 0 radical (unpaired) electrons. The van der Waals surface area contributed by atoms with Crippen molar-refractivity contribution >= 4 is 0 Å². The average molecular weight is 295 g/mol. The highest BCUT2D eigenvalue weighted by molar-refractivity contribution is 5.30. The molecule has 2 saturated heterocycles. The van der Waals surface area contributed by atoms with E-state index < -0.39 is 23.8 Å². The molecule has 7 heteroatoms. The first-order valence-electron chi connectivity index (χ1n) is 7.62. The van der Waals surface area contributed by atoms with Gasteiger partial charge in [0.05, 0.1) is 17.9 Å². The molecular formula is C14H21N3O4. The Balaban J connectivity index is 1.72. The first kappa shape index (κ1) is 13.6. The van der Waals surface area contributed by atoms with Gasteiger partial charge in [-0.1, -0.05) is 18.6 Å². The van der Waals surface area contributed by atoms with E-state index in [1.54, 1.807) is 4.68 Å². The van der Waals surface area contributed by atoms with Crippen molar-refractivity contribution in [3.8, 4) is 0 Å². The predicted molar refractivity (Wildman–Crippen MR) is 71.2 cm³/mol. The zero-order valence-corrected chi connectivity index (χ0v) is 12.6. The normalized spacial score (nSPS) is 39.3. The van der Waals surface area contributed by atoms with Gasteiger partial charge in [-0.25, -0.2) is 4.68 Å². The maximum atomic E-state index is 11.3. The number of nitrogens with zero attached hydrogens (tertiary/aromatic N) is 3. The van der Waals surface area contributed by atoms with Crippen molar-refractivity contribution in [1.29, 1.82) is 0 Å². The lowest BCUT2D eigenvalue weighted by molar-refractivity contribution is -0.228. The molecular weight excluding hydrogens is 274 g/mol. The summed E-state index contributed by atoms with van der Waals surface area (Å²) in [6, 6.07) is 0. The van der Waals surface area contributed by atoms with Crippen molar-refractivity contribution in [3.05, 3.63) is 11.4 Å². The number of hydrogen-bond donors (Lipinski definition) is 1. The van der Waals surface area contributed by atoms with Crippen LogP contribution in [0.2, 0.25) is 0 Å². The zero-order valence-electron chi connectivity index (χ0n) is 12.6.